The van der Waals surface area contributed by atoms with Crippen molar-refractivity contribution in [2.45, 2.75) is 37.1 Å². The fourth-order valence-electron chi connectivity index (χ4n) is 3.63. The van der Waals surface area contributed by atoms with Gasteiger partial charge in [0.25, 0.3) is 5.56 Å². The standard InChI is InChI=1S/C25H22ClN5O2S3/c1-25(2,3)15-7-5-14(6-8-15)20-27-18(33-29-20)13-35-23-28-21-19(22(32)30(23)4)36-24(34)31(21)17-11-9-16(26)10-12-17/h5-12H,13H2,1-4H3. The highest BCUT2D eigenvalue weighted by atomic mass is 35.5. The van der Waals surface area contributed by atoms with Crippen molar-refractivity contribution in [2.24, 2.45) is 7.05 Å². The summed E-state index contributed by atoms with van der Waals surface area (Å²) in [7, 11) is 1.70. The fourth-order valence-corrected chi connectivity index (χ4v) is 5.91. The molecule has 0 N–H and O–H groups in total. The lowest BCUT2D eigenvalue weighted by molar-refractivity contribution is 0.391. The van der Waals surface area contributed by atoms with E-state index in [4.69, 9.17) is 33.3 Å². The van der Waals surface area contributed by atoms with E-state index in [1.165, 1.54) is 33.2 Å². The fraction of sp³-hybridized carbons (Fsp3) is 0.240. The van der Waals surface area contributed by atoms with Gasteiger partial charge in [-0.05, 0) is 47.5 Å². The predicted molar refractivity (Wildman–Crippen MR) is 148 cm³/mol. The molecule has 2 aromatic carbocycles. The first-order valence-electron chi connectivity index (χ1n) is 11.1. The Hall–Kier alpha value is -2.79. The number of fused-ring (bicyclic) bond motifs is 1. The van der Waals surface area contributed by atoms with Crippen LogP contribution in [0.5, 0.6) is 0 Å². The lowest BCUT2D eigenvalue weighted by Crippen LogP contribution is -2.19. The van der Waals surface area contributed by atoms with Gasteiger partial charge in [0.2, 0.25) is 11.7 Å². The van der Waals surface area contributed by atoms with Crippen molar-refractivity contribution in [1.29, 1.82) is 0 Å². The molecule has 0 saturated heterocycles. The molecule has 0 bridgehead atoms. The topological polar surface area (TPSA) is 78.7 Å². The summed E-state index contributed by atoms with van der Waals surface area (Å²) in [5.74, 6) is 1.34. The Balaban J connectivity index is 1.42. The van der Waals surface area contributed by atoms with E-state index in [1.54, 1.807) is 23.7 Å². The molecule has 0 unspecified atom stereocenters. The van der Waals surface area contributed by atoms with E-state index in [9.17, 15) is 4.79 Å². The highest BCUT2D eigenvalue weighted by Gasteiger charge is 2.18. The van der Waals surface area contributed by atoms with Crippen LogP contribution in [0.3, 0.4) is 0 Å². The van der Waals surface area contributed by atoms with Gasteiger partial charge in [0, 0.05) is 23.3 Å². The number of nitrogens with zero attached hydrogens (tertiary/aromatic N) is 5. The number of thioether (sulfide) groups is 1. The van der Waals surface area contributed by atoms with E-state index < -0.39 is 0 Å². The number of hydrogen-bond acceptors (Lipinski definition) is 8. The van der Waals surface area contributed by atoms with Gasteiger partial charge >= 0.3 is 0 Å². The minimum absolute atomic E-state index is 0.0712. The molecule has 11 heteroatoms. The molecule has 0 aliphatic heterocycles. The molecule has 0 saturated carbocycles. The van der Waals surface area contributed by atoms with Crippen LogP contribution < -0.4 is 5.56 Å². The molecule has 5 aromatic rings. The number of benzene rings is 2. The van der Waals surface area contributed by atoms with E-state index in [0.717, 1.165) is 11.3 Å². The summed E-state index contributed by atoms with van der Waals surface area (Å²) < 4.78 is 9.83. The maximum Gasteiger partial charge on any atom is 0.273 e. The van der Waals surface area contributed by atoms with Gasteiger partial charge in [-0.15, -0.1) is 0 Å². The van der Waals surface area contributed by atoms with Crippen LogP contribution in [0, 0.1) is 3.95 Å². The SMILES string of the molecule is Cn1c(SCc2nc(-c3ccc(C(C)(C)C)cc3)no2)nc2c(sc(=S)n2-c2ccc(Cl)cc2)c1=O. The van der Waals surface area contributed by atoms with Gasteiger partial charge in [0.05, 0.1) is 5.75 Å². The first kappa shape index (κ1) is 24.9. The maximum atomic E-state index is 13.1. The van der Waals surface area contributed by atoms with Crippen LogP contribution in [-0.4, -0.2) is 24.3 Å². The lowest BCUT2D eigenvalue weighted by Gasteiger charge is -2.18. The van der Waals surface area contributed by atoms with Gasteiger partial charge in [0.15, 0.2) is 14.8 Å². The van der Waals surface area contributed by atoms with Crippen molar-refractivity contribution < 1.29 is 4.52 Å². The van der Waals surface area contributed by atoms with Crippen LogP contribution in [0.2, 0.25) is 5.02 Å². The molecular weight excluding hydrogens is 534 g/mol. The summed E-state index contributed by atoms with van der Waals surface area (Å²) in [6.45, 7) is 6.52. The van der Waals surface area contributed by atoms with Crippen LogP contribution in [0.4, 0.5) is 0 Å². The molecule has 0 aliphatic rings. The van der Waals surface area contributed by atoms with Crippen molar-refractivity contribution in [3.8, 4) is 17.1 Å². The summed E-state index contributed by atoms with van der Waals surface area (Å²) in [4.78, 5) is 22.4. The number of halogens is 1. The van der Waals surface area contributed by atoms with Gasteiger partial charge in [0.1, 0.15) is 4.70 Å². The Morgan fingerprint density at radius 3 is 2.44 bits per heavy atom. The zero-order valence-electron chi connectivity index (χ0n) is 20.0. The van der Waals surface area contributed by atoms with Gasteiger partial charge in [-0.1, -0.05) is 84.9 Å². The van der Waals surface area contributed by atoms with E-state index >= 15 is 0 Å². The molecule has 7 nitrogen and oxygen atoms in total. The van der Waals surface area contributed by atoms with E-state index in [0.29, 0.717) is 41.9 Å². The highest BCUT2D eigenvalue weighted by molar-refractivity contribution is 7.98. The second-order valence-electron chi connectivity index (χ2n) is 9.22. The summed E-state index contributed by atoms with van der Waals surface area (Å²) in [5, 5.41) is 5.27. The van der Waals surface area contributed by atoms with Crippen LogP contribution in [0.1, 0.15) is 32.2 Å². The molecule has 0 amide bonds. The number of aromatic nitrogens is 5. The molecular formula is C25H22ClN5O2S3. The first-order chi connectivity index (χ1) is 17.1. The average Bonchev–Trinajstić information content (AvgIpc) is 3.45. The zero-order chi connectivity index (χ0) is 25.6. The monoisotopic (exact) mass is 555 g/mol. The second kappa shape index (κ2) is 9.59. The van der Waals surface area contributed by atoms with Crippen molar-refractivity contribution in [3.05, 3.63) is 79.3 Å². The summed E-state index contributed by atoms with van der Waals surface area (Å²) >= 11 is 14.2. The molecule has 36 heavy (non-hydrogen) atoms. The molecule has 184 valence electrons. The lowest BCUT2D eigenvalue weighted by atomic mass is 9.87. The number of thiazole rings is 1. The maximum absolute atomic E-state index is 13.1. The third kappa shape index (κ3) is 4.78. The van der Waals surface area contributed by atoms with Gasteiger partial charge in [-0.2, -0.15) is 4.98 Å². The Morgan fingerprint density at radius 2 is 1.78 bits per heavy atom. The van der Waals surface area contributed by atoms with E-state index in [1.807, 2.05) is 24.3 Å². The molecule has 3 aromatic heterocycles. The molecule has 5 rings (SSSR count). The molecule has 0 atom stereocenters. The molecule has 0 aliphatic carbocycles. The highest BCUT2D eigenvalue weighted by Crippen LogP contribution is 2.28. The Kier molecular flexibility index (Phi) is 6.63. The third-order valence-electron chi connectivity index (χ3n) is 5.66. The van der Waals surface area contributed by atoms with Crippen molar-refractivity contribution >= 4 is 57.3 Å². The third-order valence-corrected chi connectivity index (χ3v) is 8.28. The van der Waals surface area contributed by atoms with Crippen LogP contribution in [-0.2, 0) is 18.2 Å². The smallest absolute Gasteiger partial charge is 0.273 e. The Bertz CT molecular complexity index is 1680. The van der Waals surface area contributed by atoms with E-state index in [-0.39, 0.29) is 11.0 Å². The van der Waals surface area contributed by atoms with Crippen molar-refractivity contribution in [3.63, 3.8) is 0 Å². The van der Waals surface area contributed by atoms with Crippen molar-refractivity contribution in [2.75, 3.05) is 0 Å². The quantitative estimate of drug-likeness (QED) is 0.134. The first-order valence-corrected chi connectivity index (χ1v) is 13.7. The summed E-state index contributed by atoms with van der Waals surface area (Å²) in [5.41, 5.74) is 3.35. The normalized spacial score (nSPS) is 11.9. The number of rotatable bonds is 5. The largest absolute Gasteiger partial charge is 0.338 e. The zero-order valence-corrected chi connectivity index (χ0v) is 23.2. The van der Waals surface area contributed by atoms with Crippen molar-refractivity contribution in [1.82, 2.24) is 24.3 Å². The van der Waals surface area contributed by atoms with Crippen LogP contribution in [0.25, 0.3) is 27.4 Å². The van der Waals surface area contributed by atoms with Gasteiger partial charge in [-0.25, -0.2) is 4.98 Å². The Morgan fingerprint density at radius 1 is 1.08 bits per heavy atom. The minimum atomic E-state index is -0.156. The van der Waals surface area contributed by atoms with Gasteiger partial charge < -0.3 is 4.52 Å². The minimum Gasteiger partial charge on any atom is -0.338 e. The van der Waals surface area contributed by atoms with E-state index in [2.05, 4.69) is 43.0 Å². The van der Waals surface area contributed by atoms with Gasteiger partial charge in [-0.3, -0.25) is 13.9 Å². The average molecular weight is 556 g/mol. The van der Waals surface area contributed by atoms with Crippen LogP contribution in [0.15, 0.2) is 63.0 Å². The molecule has 0 fully saturated rings. The molecule has 0 spiro atoms. The van der Waals surface area contributed by atoms with Crippen LogP contribution >= 0.6 is 46.9 Å². The predicted octanol–water partition coefficient (Wildman–Crippen LogP) is 6.81. The number of hydrogen-bond donors (Lipinski definition) is 0. The molecule has 3 heterocycles. The summed E-state index contributed by atoms with van der Waals surface area (Å²) in [6.07, 6.45) is 0. The second-order valence-corrected chi connectivity index (χ2v) is 12.2. The Labute approximate surface area is 225 Å². The summed E-state index contributed by atoms with van der Waals surface area (Å²) in [6, 6.07) is 15.4. The molecule has 0 radical (unpaired) electrons.